The van der Waals surface area contributed by atoms with Crippen molar-refractivity contribution in [2.45, 2.75) is 18.4 Å². The summed E-state index contributed by atoms with van der Waals surface area (Å²) in [7, 11) is 0. The Balaban J connectivity index is 3.25. The fourth-order valence-corrected chi connectivity index (χ4v) is 2.03. The third-order valence-corrected chi connectivity index (χ3v) is 2.88. The molecule has 0 aliphatic rings. The summed E-state index contributed by atoms with van der Waals surface area (Å²) in [6, 6.07) is 1.19. The Bertz CT molecular complexity index is 414. The van der Waals surface area contributed by atoms with Crippen LogP contribution in [0, 0.1) is 0 Å². The van der Waals surface area contributed by atoms with Gasteiger partial charge in [-0.2, -0.15) is 13.2 Å². The molecule has 1 rings (SSSR count). The van der Waals surface area contributed by atoms with Crippen LogP contribution in [0.15, 0.2) is 12.1 Å². The summed E-state index contributed by atoms with van der Waals surface area (Å²) < 4.78 is 37.3. The zero-order valence-electron chi connectivity index (χ0n) is 8.75. The molecule has 2 atom stereocenters. The molecule has 0 radical (unpaired) electrons. The molecule has 0 fully saturated rings. The fraction of sp³-hybridized carbons (Fsp3) is 0.400. The van der Waals surface area contributed by atoms with E-state index in [1.807, 2.05) is 0 Å². The third-order valence-electron chi connectivity index (χ3n) is 2.25. The maximum atomic E-state index is 12.4. The highest BCUT2D eigenvalue weighted by Gasteiger charge is 2.33. The van der Waals surface area contributed by atoms with Gasteiger partial charge in [-0.25, -0.2) is 0 Å². The van der Waals surface area contributed by atoms with E-state index in [4.69, 9.17) is 28.3 Å². The predicted molar refractivity (Wildman–Crippen MR) is 59.5 cm³/mol. The summed E-state index contributed by atoms with van der Waals surface area (Å²) in [5.41, 5.74) is -1.32. The fourth-order valence-electron chi connectivity index (χ4n) is 1.32. The van der Waals surface area contributed by atoms with Crippen LogP contribution in [-0.4, -0.2) is 28.0 Å². The molecule has 0 saturated heterocycles. The number of hydrogen-bond acceptors (Lipinski definition) is 3. The molecule has 0 aromatic heterocycles. The number of halogens is 5. The van der Waals surface area contributed by atoms with E-state index in [9.17, 15) is 23.4 Å². The Hall–Kier alpha value is -0.530. The molecule has 8 heteroatoms. The minimum absolute atomic E-state index is 0.257. The molecular formula is C10H9Cl2F3O3. The lowest BCUT2D eigenvalue weighted by molar-refractivity contribution is -0.137. The molecule has 3 nitrogen and oxygen atoms in total. The Kier molecular flexibility index (Phi) is 4.85. The molecule has 102 valence electrons. The van der Waals surface area contributed by atoms with E-state index in [1.165, 1.54) is 0 Å². The lowest BCUT2D eigenvalue weighted by Crippen LogP contribution is -2.23. The second kappa shape index (κ2) is 5.63. The van der Waals surface area contributed by atoms with Crippen molar-refractivity contribution in [1.29, 1.82) is 0 Å². The second-order valence-electron chi connectivity index (χ2n) is 3.55. The summed E-state index contributed by atoms with van der Waals surface area (Å²) in [6.07, 6.45) is -7.87. The van der Waals surface area contributed by atoms with Crippen LogP contribution < -0.4 is 0 Å². The first kappa shape index (κ1) is 15.5. The lowest BCUT2D eigenvalue weighted by Gasteiger charge is -2.19. The van der Waals surface area contributed by atoms with Crippen LogP contribution in [0.3, 0.4) is 0 Å². The van der Waals surface area contributed by atoms with E-state index in [0.29, 0.717) is 12.1 Å². The van der Waals surface area contributed by atoms with Crippen LogP contribution >= 0.6 is 23.2 Å². The molecular weight excluding hydrogens is 296 g/mol. The van der Waals surface area contributed by atoms with Crippen molar-refractivity contribution < 1.29 is 28.5 Å². The van der Waals surface area contributed by atoms with Gasteiger partial charge in [0.05, 0.1) is 12.2 Å². The quantitative estimate of drug-likeness (QED) is 0.803. The van der Waals surface area contributed by atoms with Crippen molar-refractivity contribution in [2.75, 3.05) is 6.61 Å². The van der Waals surface area contributed by atoms with Crippen molar-refractivity contribution in [2.24, 2.45) is 0 Å². The first-order chi connectivity index (χ1) is 8.18. The third kappa shape index (κ3) is 3.27. The lowest BCUT2D eigenvalue weighted by atomic mass is 10.0. The van der Waals surface area contributed by atoms with Gasteiger partial charge < -0.3 is 15.3 Å². The molecule has 0 aliphatic heterocycles. The Morgan fingerprint density at radius 1 is 1.11 bits per heavy atom. The van der Waals surface area contributed by atoms with Gasteiger partial charge in [0.2, 0.25) is 0 Å². The maximum Gasteiger partial charge on any atom is 0.416 e. The molecule has 0 spiro atoms. The van der Waals surface area contributed by atoms with Crippen molar-refractivity contribution in [3.8, 4) is 0 Å². The minimum atomic E-state index is -4.62. The molecule has 0 heterocycles. The van der Waals surface area contributed by atoms with E-state index in [1.54, 1.807) is 0 Å². The maximum absolute atomic E-state index is 12.4. The highest BCUT2D eigenvalue weighted by Crippen LogP contribution is 2.38. The van der Waals surface area contributed by atoms with Gasteiger partial charge in [0.15, 0.2) is 0 Å². The Morgan fingerprint density at radius 2 is 1.56 bits per heavy atom. The average molecular weight is 305 g/mol. The first-order valence-electron chi connectivity index (χ1n) is 4.71. The van der Waals surface area contributed by atoms with Gasteiger partial charge in [-0.15, -0.1) is 0 Å². The van der Waals surface area contributed by atoms with E-state index in [0.717, 1.165) is 0 Å². The summed E-state index contributed by atoms with van der Waals surface area (Å²) >= 11 is 11.2. The van der Waals surface area contributed by atoms with Crippen LogP contribution in [-0.2, 0) is 6.18 Å². The number of rotatable bonds is 3. The van der Waals surface area contributed by atoms with Crippen LogP contribution in [0.25, 0.3) is 0 Å². The summed E-state index contributed by atoms with van der Waals surface area (Å²) in [4.78, 5) is 0. The molecule has 2 unspecified atom stereocenters. The van der Waals surface area contributed by atoms with Crippen molar-refractivity contribution in [3.05, 3.63) is 33.3 Å². The summed E-state index contributed by atoms with van der Waals surface area (Å²) in [5, 5.41) is 26.6. The van der Waals surface area contributed by atoms with Gasteiger partial charge in [-0.1, -0.05) is 23.2 Å². The number of benzene rings is 1. The molecule has 18 heavy (non-hydrogen) atoms. The highest BCUT2D eigenvalue weighted by atomic mass is 35.5. The molecule has 3 N–H and O–H groups in total. The topological polar surface area (TPSA) is 60.7 Å². The SMILES string of the molecule is OCC(O)C(O)c1c(Cl)cc(C(F)(F)F)cc1Cl. The van der Waals surface area contributed by atoms with Crippen molar-refractivity contribution in [3.63, 3.8) is 0 Å². The van der Waals surface area contributed by atoms with E-state index in [-0.39, 0.29) is 5.56 Å². The minimum Gasteiger partial charge on any atom is -0.394 e. The van der Waals surface area contributed by atoms with Crippen molar-refractivity contribution >= 4 is 23.2 Å². The average Bonchev–Trinajstić information content (AvgIpc) is 2.25. The molecule has 1 aromatic carbocycles. The van der Waals surface area contributed by atoms with Gasteiger partial charge in [-0.05, 0) is 12.1 Å². The summed E-state index contributed by atoms with van der Waals surface area (Å²) in [5.74, 6) is 0. The van der Waals surface area contributed by atoms with Gasteiger partial charge >= 0.3 is 6.18 Å². The van der Waals surface area contributed by atoms with Crippen LogP contribution in [0.2, 0.25) is 10.0 Å². The van der Waals surface area contributed by atoms with Gasteiger partial charge in [-0.3, -0.25) is 0 Å². The van der Waals surface area contributed by atoms with E-state index < -0.39 is 40.6 Å². The molecule has 0 aliphatic carbocycles. The van der Waals surface area contributed by atoms with Crippen LogP contribution in [0.5, 0.6) is 0 Å². The number of aliphatic hydroxyl groups is 3. The zero-order valence-corrected chi connectivity index (χ0v) is 10.3. The van der Waals surface area contributed by atoms with Crippen LogP contribution in [0.4, 0.5) is 13.2 Å². The predicted octanol–water partition coefficient (Wildman–Crippen LogP) is 2.40. The monoisotopic (exact) mass is 304 g/mol. The zero-order chi connectivity index (χ0) is 14.1. The smallest absolute Gasteiger partial charge is 0.394 e. The number of aliphatic hydroxyl groups excluding tert-OH is 3. The van der Waals surface area contributed by atoms with E-state index >= 15 is 0 Å². The number of hydrogen-bond donors (Lipinski definition) is 3. The Labute approximate surface area is 110 Å². The molecule has 0 amide bonds. The van der Waals surface area contributed by atoms with Gasteiger partial charge in [0, 0.05) is 15.6 Å². The van der Waals surface area contributed by atoms with Gasteiger partial charge in [0.1, 0.15) is 12.2 Å². The standard InChI is InChI=1S/C10H9Cl2F3O3/c11-5-1-4(10(13,14)15)2-6(12)8(5)9(18)7(17)3-16/h1-2,7,9,16-18H,3H2. The summed E-state index contributed by atoms with van der Waals surface area (Å²) in [6.45, 7) is -0.783. The number of alkyl halides is 3. The Morgan fingerprint density at radius 3 is 1.89 bits per heavy atom. The molecule has 1 aromatic rings. The largest absolute Gasteiger partial charge is 0.416 e. The molecule has 0 bridgehead atoms. The second-order valence-corrected chi connectivity index (χ2v) is 4.36. The van der Waals surface area contributed by atoms with Crippen molar-refractivity contribution in [1.82, 2.24) is 0 Å². The highest BCUT2D eigenvalue weighted by molar-refractivity contribution is 6.36. The van der Waals surface area contributed by atoms with Crippen LogP contribution in [0.1, 0.15) is 17.2 Å². The normalized spacial score (nSPS) is 15.6. The van der Waals surface area contributed by atoms with E-state index in [2.05, 4.69) is 0 Å². The molecule has 0 saturated carbocycles. The van der Waals surface area contributed by atoms with Gasteiger partial charge in [0.25, 0.3) is 0 Å². The first-order valence-corrected chi connectivity index (χ1v) is 5.47.